The van der Waals surface area contributed by atoms with Crippen molar-refractivity contribution in [1.29, 1.82) is 0 Å². The van der Waals surface area contributed by atoms with Crippen molar-refractivity contribution in [3.8, 4) is 11.5 Å². The normalized spacial score (nSPS) is 13.5. The van der Waals surface area contributed by atoms with E-state index >= 15 is 0 Å². The molecule has 1 aromatic heterocycles. The SMILES string of the molecule is CCOC(=O)Cn1c(=NC(=O)c2ccc3c(c2)OCCO3)sc2cc(Cl)cc(Cl)c21. The van der Waals surface area contributed by atoms with Crippen LogP contribution in [0.4, 0.5) is 0 Å². The van der Waals surface area contributed by atoms with Crippen LogP contribution in [0.1, 0.15) is 17.3 Å². The van der Waals surface area contributed by atoms with Crippen LogP contribution in [-0.2, 0) is 16.1 Å². The molecule has 30 heavy (non-hydrogen) atoms. The van der Waals surface area contributed by atoms with Gasteiger partial charge in [0.05, 0.1) is 21.8 Å². The van der Waals surface area contributed by atoms with E-state index in [1.807, 2.05) is 0 Å². The number of fused-ring (bicyclic) bond motifs is 2. The van der Waals surface area contributed by atoms with Crippen LogP contribution in [0.15, 0.2) is 35.3 Å². The van der Waals surface area contributed by atoms with E-state index in [2.05, 4.69) is 4.99 Å². The van der Waals surface area contributed by atoms with Crippen LogP contribution in [0.25, 0.3) is 10.2 Å². The molecule has 0 spiro atoms. The number of hydrogen-bond donors (Lipinski definition) is 0. The Hall–Kier alpha value is -2.55. The Kier molecular flexibility index (Phi) is 5.99. The maximum absolute atomic E-state index is 12.8. The third-order valence-corrected chi connectivity index (χ3v) is 5.81. The molecule has 0 atom stereocenters. The molecule has 7 nitrogen and oxygen atoms in total. The Morgan fingerprint density at radius 2 is 1.93 bits per heavy atom. The molecule has 0 saturated heterocycles. The number of carbonyl (C=O) groups excluding carboxylic acids is 2. The summed E-state index contributed by atoms with van der Waals surface area (Å²) in [7, 11) is 0. The fourth-order valence-electron chi connectivity index (χ4n) is 3.02. The quantitative estimate of drug-likeness (QED) is 0.541. The van der Waals surface area contributed by atoms with Crippen LogP contribution in [0, 0.1) is 0 Å². The Labute approximate surface area is 185 Å². The molecule has 0 bridgehead atoms. The number of carbonyl (C=O) groups is 2. The number of rotatable bonds is 4. The lowest BCUT2D eigenvalue weighted by Gasteiger charge is -2.18. The highest BCUT2D eigenvalue weighted by Crippen LogP contribution is 2.32. The van der Waals surface area contributed by atoms with E-state index in [1.54, 1.807) is 41.8 Å². The van der Waals surface area contributed by atoms with Gasteiger partial charge in [0.15, 0.2) is 16.3 Å². The third kappa shape index (κ3) is 4.16. The van der Waals surface area contributed by atoms with Gasteiger partial charge in [-0.05, 0) is 37.3 Å². The number of nitrogens with zero attached hydrogens (tertiary/aromatic N) is 2. The average Bonchev–Trinajstić information content (AvgIpc) is 3.04. The molecule has 0 saturated carbocycles. The van der Waals surface area contributed by atoms with Gasteiger partial charge in [-0.15, -0.1) is 0 Å². The van der Waals surface area contributed by atoms with Crippen molar-refractivity contribution in [2.45, 2.75) is 13.5 Å². The zero-order valence-corrected chi connectivity index (χ0v) is 18.1. The second-order valence-corrected chi connectivity index (χ2v) is 8.14. The van der Waals surface area contributed by atoms with Crippen molar-refractivity contribution < 1.29 is 23.8 Å². The fraction of sp³-hybridized carbons (Fsp3) is 0.250. The minimum absolute atomic E-state index is 0.136. The molecule has 156 valence electrons. The topological polar surface area (TPSA) is 79.1 Å². The highest BCUT2D eigenvalue weighted by molar-refractivity contribution is 7.16. The van der Waals surface area contributed by atoms with Crippen LogP contribution < -0.4 is 14.3 Å². The van der Waals surface area contributed by atoms with Gasteiger partial charge in [0, 0.05) is 10.6 Å². The first-order valence-corrected chi connectivity index (χ1v) is 10.7. The molecule has 2 heterocycles. The third-order valence-electron chi connectivity index (χ3n) is 4.27. The summed E-state index contributed by atoms with van der Waals surface area (Å²) in [6.45, 7) is 2.70. The number of thiazole rings is 1. The largest absolute Gasteiger partial charge is 0.486 e. The molecule has 1 aliphatic heterocycles. The maximum Gasteiger partial charge on any atom is 0.326 e. The van der Waals surface area contributed by atoms with Gasteiger partial charge in [0.25, 0.3) is 5.91 Å². The first-order valence-electron chi connectivity index (χ1n) is 9.09. The minimum atomic E-state index is -0.488. The van der Waals surface area contributed by atoms with E-state index in [0.717, 1.165) is 0 Å². The molecule has 0 fully saturated rings. The van der Waals surface area contributed by atoms with Crippen molar-refractivity contribution in [3.05, 3.63) is 50.7 Å². The van der Waals surface area contributed by atoms with Crippen LogP contribution in [0.3, 0.4) is 0 Å². The Morgan fingerprint density at radius 1 is 1.17 bits per heavy atom. The lowest BCUT2D eigenvalue weighted by atomic mass is 10.2. The predicted octanol–water partition coefficient (Wildman–Crippen LogP) is 4.09. The lowest BCUT2D eigenvalue weighted by molar-refractivity contribution is -0.143. The summed E-state index contributed by atoms with van der Waals surface area (Å²) >= 11 is 13.7. The van der Waals surface area contributed by atoms with Gasteiger partial charge in [-0.2, -0.15) is 4.99 Å². The van der Waals surface area contributed by atoms with Crippen molar-refractivity contribution in [2.75, 3.05) is 19.8 Å². The zero-order chi connectivity index (χ0) is 21.3. The van der Waals surface area contributed by atoms with Gasteiger partial charge < -0.3 is 18.8 Å². The molecule has 3 aromatic rings. The van der Waals surface area contributed by atoms with E-state index in [0.29, 0.717) is 55.3 Å². The number of benzene rings is 2. The van der Waals surface area contributed by atoms with Crippen LogP contribution in [0.5, 0.6) is 11.5 Å². The molecular formula is C20H16Cl2N2O5S. The molecule has 0 unspecified atom stereocenters. The van der Waals surface area contributed by atoms with Crippen molar-refractivity contribution in [2.24, 2.45) is 4.99 Å². The van der Waals surface area contributed by atoms with E-state index < -0.39 is 11.9 Å². The maximum atomic E-state index is 12.8. The molecule has 1 aliphatic rings. The standard InChI is InChI=1S/C20H16Cl2N2O5S/c1-2-27-17(25)10-24-18-13(22)8-12(21)9-16(18)30-20(24)23-19(26)11-3-4-14-15(7-11)29-6-5-28-14/h3-4,7-9H,2,5-6,10H2,1H3. The number of hydrogen-bond acceptors (Lipinski definition) is 6. The van der Waals surface area contributed by atoms with Crippen LogP contribution in [-0.4, -0.2) is 36.3 Å². The van der Waals surface area contributed by atoms with E-state index in [9.17, 15) is 9.59 Å². The number of aromatic nitrogens is 1. The van der Waals surface area contributed by atoms with E-state index in [4.69, 9.17) is 37.4 Å². The second-order valence-electron chi connectivity index (χ2n) is 6.29. The van der Waals surface area contributed by atoms with Gasteiger partial charge in [-0.25, -0.2) is 0 Å². The molecular weight excluding hydrogens is 451 g/mol. The van der Waals surface area contributed by atoms with Crippen LogP contribution in [0.2, 0.25) is 10.0 Å². The zero-order valence-electron chi connectivity index (χ0n) is 15.8. The second kappa shape index (κ2) is 8.67. The summed E-state index contributed by atoms with van der Waals surface area (Å²) in [4.78, 5) is 29.5. The summed E-state index contributed by atoms with van der Waals surface area (Å²) in [5.74, 6) is 0.126. The van der Waals surface area contributed by atoms with Crippen molar-refractivity contribution in [3.63, 3.8) is 0 Å². The number of halogens is 2. The summed E-state index contributed by atoms with van der Waals surface area (Å²) in [5.41, 5.74) is 0.899. The van der Waals surface area contributed by atoms with Gasteiger partial charge in [-0.3, -0.25) is 9.59 Å². The van der Waals surface area contributed by atoms with Gasteiger partial charge in [0.2, 0.25) is 0 Å². The smallest absolute Gasteiger partial charge is 0.326 e. The van der Waals surface area contributed by atoms with E-state index in [1.165, 1.54) is 11.3 Å². The van der Waals surface area contributed by atoms with Gasteiger partial charge in [-0.1, -0.05) is 34.5 Å². The fourth-order valence-corrected chi connectivity index (χ4v) is 4.83. The molecule has 0 aliphatic carbocycles. The molecule has 10 heteroatoms. The molecule has 0 N–H and O–H groups in total. The van der Waals surface area contributed by atoms with Crippen molar-refractivity contribution in [1.82, 2.24) is 4.57 Å². The summed E-state index contributed by atoms with van der Waals surface area (Å²) in [5, 5.41) is 0.799. The predicted molar refractivity (Wildman–Crippen MR) is 114 cm³/mol. The number of amides is 1. The highest BCUT2D eigenvalue weighted by atomic mass is 35.5. The van der Waals surface area contributed by atoms with Crippen LogP contribution >= 0.6 is 34.5 Å². The average molecular weight is 467 g/mol. The first kappa shape index (κ1) is 20.7. The first-order chi connectivity index (χ1) is 14.5. The minimum Gasteiger partial charge on any atom is -0.486 e. The van der Waals surface area contributed by atoms with Gasteiger partial charge in [0.1, 0.15) is 19.8 Å². The summed E-state index contributed by atoms with van der Waals surface area (Å²) in [6, 6.07) is 8.17. The molecule has 4 rings (SSSR count). The highest BCUT2D eigenvalue weighted by Gasteiger charge is 2.18. The summed E-state index contributed by atoms with van der Waals surface area (Å²) < 4.78 is 18.3. The molecule has 0 radical (unpaired) electrons. The molecule has 2 aromatic carbocycles. The Balaban J connectivity index is 1.80. The van der Waals surface area contributed by atoms with Crippen molar-refractivity contribution >= 4 is 56.6 Å². The number of ether oxygens (including phenoxy) is 3. The number of esters is 1. The van der Waals surface area contributed by atoms with Gasteiger partial charge >= 0.3 is 5.97 Å². The Bertz CT molecular complexity index is 1220. The van der Waals surface area contributed by atoms with E-state index in [-0.39, 0.29) is 13.2 Å². The monoisotopic (exact) mass is 466 g/mol. The Morgan fingerprint density at radius 3 is 2.70 bits per heavy atom. The summed E-state index contributed by atoms with van der Waals surface area (Å²) in [6.07, 6.45) is 0. The lowest BCUT2D eigenvalue weighted by Crippen LogP contribution is -2.23. The molecule has 1 amide bonds.